The van der Waals surface area contributed by atoms with Crippen LogP contribution in [-0.2, 0) is 4.79 Å². The zero-order valence-electron chi connectivity index (χ0n) is 10.9. The van der Waals surface area contributed by atoms with Gasteiger partial charge >= 0.3 is 0 Å². The van der Waals surface area contributed by atoms with Gasteiger partial charge in [-0.15, -0.1) is 0 Å². The molecule has 1 amide bonds. The molecule has 1 N–H and O–H groups in total. The van der Waals surface area contributed by atoms with Gasteiger partial charge < -0.3 is 9.88 Å². The van der Waals surface area contributed by atoms with Gasteiger partial charge in [0.2, 0.25) is 5.91 Å². The van der Waals surface area contributed by atoms with Gasteiger partial charge in [0.1, 0.15) is 0 Å². The Kier molecular flexibility index (Phi) is 2.24. The van der Waals surface area contributed by atoms with Gasteiger partial charge in [-0.25, -0.2) is 4.98 Å². The van der Waals surface area contributed by atoms with E-state index in [0.29, 0.717) is 0 Å². The second-order valence-corrected chi connectivity index (χ2v) is 5.62. The Morgan fingerprint density at radius 2 is 2.28 bits per heavy atom. The monoisotopic (exact) mass is 243 g/mol. The van der Waals surface area contributed by atoms with Crippen LogP contribution in [0.4, 0.5) is 0 Å². The van der Waals surface area contributed by atoms with Crippen LogP contribution in [-0.4, -0.2) is 15.5 Å². The van der Waals surface area contributed by atoms with E-state index in [9.17, 15) is 4.79 Å². The van der Waals surface area contributed by atoms with E-state index in [1.807, 2.05) is 31.5 Å². The number of hydrogen-bond donors (Lipinski definition) is 1. The lowest BCUT2D eigenvalue weighted by molar-refractivity contribution is -0.127. The highest BCUT2D eigenvalue weighted by Gasteiger charge is 2.45. The first-order valence-electron chi connectivity index (χ1n) is 6.22. The van der Waals surface area contributed by atoms with Crippen LogP contribution in [0.1, 0.15) is 26.0 Å². The molecule has 0 saturated carbocycles. The predicted octanol–water partition coefficient (Wildman–Crippen LogP) is 2.09. The van der Waals surface area contributed by atoms with Gasteiger partial charge in [0, 0.05) is 23.5 Å². The SMILES string of the molecule is Cc1cn(C2=CCC3C(=C2)NC(=O)C3(C)C)cn1. The number of allylic oxidation sites excluding steroid dienone is 4. The molecule has 0 radical (unpaired) electrons. The summed E-state index contributed by atoms with van der Waals surface area (Å²) >= 11 is 0. The number of nitrogens with one attached hydrogen (secondary N) is 1. The van der Waals surface area contributed by atoms with E-state index >= 15 is 0 Å². The molecule has 0 bridgehead atoms. The van der Waals surface area contributed by atoms with E-state index < -0.39 is 0 Å². The largest absolute Gasteiger partial charge is 0.329 e. The molecule has 2 aliphatic rings. The topological polar surface area (TPSA) is 46.9 Å². The summed E-state index contributed by atoms with van der Waals surface area (Å²) in [4.78, 5) is 16.1. The minimum absolute atomic E-state index is 0.121. The number of carbonyl (C=O) groups is 1. The third-order valence-corrected chi connectivity index (χ3v) is 3.97. The standard InChI is InChI=1S/C14H17N3O/c1-9-7-17(8-15-9)10-4-5-11-12(6-10)16-13(18)14(11,2)3/h4,6-8,11H,5H2,1-3H3,(H,16,18). The van der Waals surface area contributed by atoms with Gasteiger partial charge in [0.05, 0.1) is 17.4 Å². The molecular formula is C14H17N3O. The fourth-order valence-electron chi connectivity index (χ4n) is 2.68. The average molecular weight is 243 g/mol. The summed E-state index contributed by atoms with van der Waals surface area (Å²) in [6, 6.07) is 0. The van der Waals surface area contributed by atoms with Crippen molar-refractivity contribution in [1.82, 2.24) is 14.9 Å². The van der Waals surface area contributed by atoms with Gasteiger partial charge in [-0.05, 0) is 19.4 Å². The van der Waals surface area contributed by atoms with Crippen molar-refractivity contribution in [3.63, 3.8) is 0 Å². The summed E-state index contributed by atoms with van der Waals surface area (Å²) in [6.45, 7) is 5.98. The van der Waals surface area contributed by atoms with Crippen molar-refractivity contribution in [3.8, 4) is 0 Å². The van der Waals surface area contributed by atoms with Gasteiger partial charge in [-0.3, -0.25) is 4.79 Å². The zero-order chi connectivity index (χ0) is 12.9. The highest BCUT2D eigenvalue weighted by molar-refractivity contribution is 5.88. The molecule has 1 aliphatic heterocycles. The van der Waals surface area contributed by atoms with Crippen molar-refractivity contribution in [3.05, 3.63) is 36.1 Å². The summed E-state index contributed by atoms with van der Waals surface area (Å²) < 4.78 is 2.00. The van der Waals surface area contributed by atoms with E-state index in [2.05, 4.69) is 22.5 Å². The number of hydrogen-bond acceptors (Lipinski definition) is 2. The Hall–Kier alpha value is -1.84. The minimum Gasteiger partial charge on any atom is -0.329 e. The Balaban J connectivity index is 1.95. The first-order valence-corrected chi connectivity index (χ1v) is 6.22. The lowest BCUT2D eigenvalue weighted by Gasteiger charge is -2.25. The number of aryl methyl sites for hydroxylation is 1. The van der Waals surface area contributed by atoms with Crippen LogP contribution in [0.25, 0.3) is 5.70 Å². The lowest BCUT2D eigenvalue weighted by Crippen LogP contribution is -2.28. The summed E-state index contributed by atoms with van der Waals surface area (Å²) in [5.41, 5.74) is 2.81. The molecule has 4 nitrogen and oxygen atoms in total. The molecule has 4 heteroatoms. The van der Waals surface area contributed by atoms with Crippen LogP contribution in [0.2, 0.25) is 0 Å². The summed E-state index contributed by atoms with van der Waals surface area (Å²) in [5.74, 6) is 0.397. The maximum absolute atomic E-state index is 11.9. The van der Waals surface area contributed by atoms with Crippen LogP contribution in [0.3, 0.4) is 0 Å². The molecule has 94 valence electrons. The molecule has 1 aromatic heterocycles. The fraction of sp³-hybridized carbons (Fsp3) is 0.429. The van der Waals surface area contributed by atoms with Crippen molar-refractivity contribution in [2.45, 2.75) is 27.2 Å². The molecule has 1 aliphatic carbocycles. The maximum Gasteiger partial charge on any atom is 0.230 e. The van der Waals surface area contributed by atoms with Gasteiger partial charge in [-0.1, -0.05) is 19.9 Å². The van der Waals surface area contributed by atoms with Crippen molar-refractivity contribution >= 4 is 11.6 Å². The lowest BCUT2D eigenvalue weighted by atomic mass is 9.76. The van der Waals surface area contributed by atoms with Crippen LogP contribution in [0.15, 0.2) is 30.4 Å². The number of nitrogens with zero attached hydrogens (tertiary/aromatic N) is 2. The predicted molar refractivity (Wildman–Crippen MR) is 69.4 cm³/mol. The molecule has 3 rings (SSSR count). The normalized spacial score (nSPS) is 25.3. The maximum atomic E-state index is 11.9. The smallest absolute Gasteiger partial charge is 0.230 e. The summed E-state index contributed by atoms with van der Waals surface area (Å²) in [6.07, 6.45) is 8.93. The van der Waals surface area contributed by atoms with E-state index in [0.717, 1.165) is 23.5 Å². The molecule has 0 spiro atoms. The van der Waals surface area contributed by atoms with Crippen molar-refractivity contribution in [2.75, 3.05) is 0 Å². The number of carbonyl (C=O) groups excluding carboxylic acids is 1. The second-order valence-electron chi connectivity index (χ2n) is 5.62. The highest BCUT2D eigenvalue weighted by Crippen LogP contribution is 2.43. The third kappa shape index (κ3) is 1.52. The Labute approximate surface area is 106 Å². The first kappa shape index (κ1) is 11.3. The van der Waals surface area contributed by atoms with Gasteiger partial charge in [-0.2, -0.15) is 0 Å². The van der Waals surface area contributed by atoms with Crippen molar-refractivity contribution in [2.24, 2.45) is 11.3 Å². The number of imidazole rings is 1. The molecule has 1 unspecified atom stereocenters. The Bertz CT molecular complexity index is 578. The summed E-state index contributed by atoms with van der Waals surface area (Å²) in [7, 11) is 0. The van der Waals surface area contributed by atoms with Crippen molar-refractivity contribution < 1.29 is 4.79 Å². The fourth-order valence-corrected chi connectivity index (χ4v) is 2.68. The molecule has 1 aromatic rings. The number of amides is 1. The van der Waals surface area contributed by atoms with Gasteiger partial charge in [0.25, 0.3) is 0 Å². The molecule has 1 fully saturated rings. The zero-order valence-corrected chi connectivity index (χ0v) is 10.9. The third-order valence-electron chi connectivity index (χ3n) is 3.97. The molecule has 18 heavy (non-hydrogen) atoms. The Morgan fingerprint density at radius 3 is 2.94 bits per heavy atom. The van der Waals surface area contributed by atoms with Gasteiger partial charge in [0.15, 0.2) is 0 Å². The molecule has 2 heterocycles. The van der Waals surface area contributed by atoms with Crippen LogP contribution >= 0.6 is 0 Å². The highest BCUT2D eigenvalue weighted by atomic mass is 16.2. The van der Waals surface area contributed by atoms with E-state index in [1.54, 1.807) is 6.33 Å². The quantitative estimate of drug-likeness (QED) is 0.821. The van der Waals surface area contributed by atoms with E-state index in [-0.39, 0.29) is 17.2 Å². The van der Waals surface area contributed by atoms with E-state index in [1.165, 1.54) is 0 Å². The second kappa shape index (κ2) is 3.57. The molecule has 1 saturated heterocycles. The number of aromatic nitrogens is 2. The van der Waals surface area contributed by atoms with Crippen molar-refractivity contribution in [1.29, 1.82) is 0 Å². The number of fused-ring (bicyclic) bond motifs is 1. The average Bonchev–Trinajstić information content (AvgIpc) is 2.83. The van der Waals surface area contributed by atoms with Crippen LogP contribution < -0.4 is 5.32 Å². The summed E-state index contributed by atoms with van der Waals surface area (Å²) in [5, 5.41) is 3.00. The Morgan fingerprint density at radius 1 is 1.50 bits per heavy atom. The number of rotatable bonds is 1. The minimum atomic E-state index is -0.307. The molecular weight excluding hydrogens is 226 g/mol. The van der Waals surface area contributed by atoms with Crippen LogP contribution in [0.5, 0.6) is 0 Å². The molecule has 1 atom stereocenters. The first-order chi connectivity index (χ1) is 8.48. The van der Waals surface area contributed by atoms with Crippen LogP contribution in [0, 0.1) is 18.3 Å². The van der Waals surface area contributed by atoms with E-state index in [4.69, 9.17) is 0 Å². The molecule has 0 aromatic carbocycles.